The molecule has 0 atom stereocenters. The van der Waals surface area contributed by atoms with Crippen LogP contribution in [0.4, 0.5) is 5.69 Å². The molecule has 7 heteroatoms. The molecule has 26 heavy (non-hydrogen) atoms. The molecule has 7 nitrogen and oxygen atoms in total. The molecule has 1 N–H and O–H groups in total. The molecule has 3 fully saturated rings. The smallest absolute Gasteiger partial charge is 0.250 e. The quantitative estimate of drug-likeness (QED) is 0.905. The molecule has 0 bridgehead atoms. The zero-order valence-corrected chi connectivity index (χ0v) is 14.7. The Hall–Kier alpha value is -2.41. The number of carbonyl (C=O) groups excluding carboxylic acids is 1. The van der Waals surface area contributed by atoms with Gasteiger partial charge in [0.25, 0.3) is 0 Å². The van der Waals surface area contributed by atoms with Gasteiger partial charge in [0.2, 0.25) is 11.8 Å². The van der Waals surface area contributed by atoms with Gasteiger partial charge in [0.05, 0.1) is 6.67 Å². The number of nitrogens with one attached hydrogen (secondary N) is 1. The van der Waals surface area contributed by atoms with Crippen molar-refractivity contribution in [1.82, 2.24) is 20.4 Å². The third kappa shape index (κ3) is 2.58. The van der Waals surface area contributed by atoms with Gasteiger partial charge in [-0.25, -0.2) is 0 Å². The van der Waals surface area contributed by atoms with Gasteiger partial charge < -0.3 is 19.6 Å². The summed E-state index contributed by atoms with van der Waals surface area (Å²) in [6, 6.07) is 10.2. The van der Waals surface area contributed by atoms with E-state index in [-0.39, 0.29) is 5.91 Å². The van der Waals surface area contributed by atoms with Crippen LogP contribution in [0.5, 0.6) is 0 Å². The maximum absolute atomic E-state index is 13.4. The molecule has 2 saturated heterocycles. The van der Waals surface area contributed by atoms with Crippen LogP contribution in [0.3, 0.4) is 0 Å². The predicted molar refractivity (Wildman–Crippen MR) is 95.4 cm³/mol. The summed E-state index contributed by atoms with van der Waals surface area (Å²) in [6.45, 7) is 2.66. The second kappa shape index (κ2) is 6.09. The molecule has 2 aromatic rings. The fraction of sp³-hybridized carbons (Fsp3) is 0.526. The fourth-order valence-electron chi connectivity index (χ4n) is 4.17. The Morgan fingerprint density at radius 2 is 1.96 bits per heavy atom. The SMILES string of the molecule is O=C1N(Cc2nc(C3CC3)no2)CN(c2ccccc2)C12CCNCC2. The van der Waals surface area contributed by atoms with Crippen LogP contribution in [0.1, 0.15) is 43.3 Å². The van der Waals surface area contributed by atoms with E-state index in [4.69, 9.17) is 4.52 Å². The largest absolute Gasteiger partial charge is 0.339 e. The highest BCUT2D eigenvalue weighted by molar-refractivity contribution is 5.93. The van der Waals surface area contributed by atoms with Crippen LogP contribution in [0.15, 0.2) is 34.9 Å². The highest BCUT2D eigenvalue weighted by Gasteiger charge is 2.53. The van der Waals surface area contributed by atoms with E-state index in [1.165, 1.54) is 0 Å². The minimum Gasteiger partial charge on any atom is -0.339 e. The maximum atomic E-state index is 13.4. The first-order valence-electron chi connectivity index (χ1n) is 9.41. The van der Waals surface area contributed by atoms with Crippen molar-refractivity contribution in [3.8, 4) is 0 Å². The number of benzene rings is 1. The number of para-hydroxylation sites is 1. The van der Waals surface area contributed by atoms with Crippen LogP contribution in [0, 0.1) is 0 Å². The van der Waals surface area contributed by atoms with E-state index >= 15 is 0 Å². The van der Waals surface area contributed by atoms with Crippen LogP contribution in [-0.4, -0.2) is 46.2 Å². The van der Waals surface area contributed by atoms with E-state index in [1.54, 1.807) is 0 Å². The highest BCUT2D eigenvalue weighted by Crippen LogP contribution is 2.40. The van der Waals surface area contributed by atoms with Crippen molar-refractivity contribution in [1.29, 1.82) is 0 Å². The van der Waals surface area contributed by atoms with Gasteiger partial charge >= 0.3 is 0 Å². The van der Waals surface area contributed by atoms with Crippen molar-refractivity contribution < 1.29 is 9.32 Å². The Morgan fingerprint density at radius 1 is 1.19 bits per heavy atom. The summed E-state index contributed by atoms with van der Waals surface area (Å²) in [6.07, 6.45) is 3.90. The van der Waals surface area contributed by atoms with E-state index in [0.29, 0.717) is 25.0 Å². The summed E-state index contributed by atoms with van der Waals surface area (Å²) in [7, 11) is 0. The van der Waals surface area contributed by atoms with E-state index in [2.05, 4.69) is 32.5 Å². The first-order valence-corrected chi connectivity index (χ1v) is 9.41. The monoisotopic (exact) mass is 353 g/mol. The number of nitrogens with zero attached hydrogens (tertiary/aromatic N) is 4. The highest BCUT2D eigenvalue weighted by atomic mass is 16.5. The first-order chi connectivity index (χ1) is 12.8. The lowest BCUT2D eigenvalue weighted by molar-refractivity contribution is -0.133. The first kappa shape index (κ1) is 15.8. The molecule has 2 aliphatic heterocycles. The molecule has 1 saturated carbocycles. The van der Waals surface area contributed by atoms with Crippen molar-refractivity contribution >= 4 is 11.6 Å². The van der Waals surface area contributed by atoms with Gasteiger partial charge in [0, 0.05) is 11.6 Å². The van der Waals surface area contributed by atoms with Crippen molar-refractivity contribution in [2.24, 2.45) is 0 Å². The molecular formula is C19H23N5O2. The summed E-state index contributed by atoms with van der Waals surface area (Å²) >= 11 is 0. The zero-order chi connectivity index (χ0) is 17.6. The van der Waals surface area contributed by atoms with Gasteiger partial charge in [-0.2, -0.15) is 4.98 Å². The molecule has 0 unspecified atom stereocenters. The lowest BCUT2D eigenvalue weighted by atomic mass is 9.86. The molecule has 0 radical (unpaired) electrons. The average molecular weight is 353 g/mol. The lowest BCUT2D eigenvalue weighted by Gasteiger charge is -2.40. The number of carbonyl (C=O) groups is 1. The Bertz CT molecular complexity index is 795. The fourth-order valence-corrected chi connectivity index (χ4v) is 4.17. The van der Waals surface area contributed by atoms with E-state index in [9.17, 15) is 4.79 Å². The standard InChI is InChI=1S/C19H23N5O2/c25-18-19(8-10-20-11-9-19)24(15-4-2-1-3-5-15)13-23(18)12-16-21-17(22-26-16)14-6-7-14/h1-5,14,20H,6-13H2. The minimum atomic E-state index is -0.466. The van der Waals surface area contributed by atoms with Gasteiger partial charge in [0.1, 0.15) is 12.1 Å². The summed E-state index contributed by atoms with van der Waals surface area (Å²) in [4.78, 5) is 22.0. The second-order valence-electron chi connectivity index (χ2n) is 7.51. The topological polar surface area (TPSA) is 74.5 Å². The number of hydrogen-bond acceptors (Lipinski definition) is 6. The summed E-state index contributed by atoms with van der Waals surface area (Å²) < 4.78 is 5.41. The van der Waals surface area contributed by atoms with Crippen molar-refractivity contribution in [2.45, 2.75) is 43.7 Å². The summed E-state index contributed by atoms with van der Waals surface area (Å²) in [5, 5.41) is 7.46. The van der Waals surface area contributed by atoms with Gasteiger partial charge in [-0.05, 0) is 50.9 Å². The van der Waals surface area contributed by atoms with Crippen LogP contribution in [0.25, 0.3) is 0 Å². The summed E-state index contributed by atoms with van der Waals surface area (Å²) in [5.41, 5.74) is 0.626. The molecule has 1 aromatic heterocycles. The molecule has 5 rings (SSSR count). The Labute approximate surface area is 152 Å². The number of aromatic nitrogens is 2. The molecule has 136 valence electrons. The summed E-state index contributed by atoms with van der Waals surface area (Å²) in [5.74, 6) is 1.97. The third-order valence-corrected chi connectivity index (χ3v) is 5.77. The van der Waals surface area contributed by atoms with Gasteiger partial charge in [-0.3, -0.25) is 4.79 Å². The van der Waals surface area contributed by atoms with Crippen molar-refractivity contribution in [2.75, 3.05) is 24.7 Å². The number of piperidine rings is 1. The maximum Gasteiger partial charge on any atom is 0.250 e. The van der Waals surface area contributed by atoms with E-state index in [1.807, 2.05) is 23.1 Å². The predicted octanol–water partition coefficient (Wildman–Crippen LogP) is 1.88. The molecular weight excluding hydrogens is 330 g/mol. The molecule has 3 heterocycles. The molecule has 1 aliphatic carbocycles. The number of anilines is 1. The number of amides is 1. The normalized spacial score (nSPS) is 22.4. The molecule has 3 aliphatic rings. The van der Waals surface area contributed by atoms with Gasteiger partial charge in [-0.1, -0.05) is 23.4 Å². The Balaban J connectivity index is 1.42. The van der Waals surface area contributed by atoms with Crippen LogP contribution in [-0.2, 0) is 11.3 Å². The zero-order valence-electron chi connectivity index (χ0n) is 14.7. The van der Waals surface area contributed by atoms with Gasteiger partial charge in [0.15, 0.2) is 5.82 Å². The van der Waals surface area contributed by atoms with E-state index < -0.39 is 5.54 Å². The van der Waals surface area contributed by atoms with E-state index in [0.717, 1.165) is 50.3 Å². The van der Waals surface area contributed by atoms with Crippen molar-refractivity contribution in [3.63, 3.8) is 0 Å². The average Bonchev–Trinajstić information content (AvgIpc) is 3.39. The second-order valence-corrected chi connectivity index (χ2v) is 7.51. The molecule has 1 amide bonds. The van der Waals surface area contributed by atoms with Crippen LogP contribution >= 0.6 is 0 Å². The molecule has 1 spiro atoms. The van der Waals surface area contributed by atoms with Crippen molar-refractivity contribution in [3.05, 3.63) is 42.0 Å². The number of rotatable bonds is 4. The van der Waals surface area contributed by atoms with Crippen LogP contribution < -0.4 is 10.2 Å². The Kier molecular flexibility index (Phi) is 3.70. The van der Waals surface area contributed by atoms with Crippen LogP contribution in [0.2, 0.25) is 0 Å². The van der Waals surface area contributed by atoms with Gasteiger partial charge in [-0.15, -0.1) is 0 Å². The third-order valence-electron chi connectivity index (χ3n) is 5.77. The lowest BCUT2D eigenvalue weighted by Crippen LogP contribution is -2.55. The number of hydrogen-bond donors (Lipinski definition) is 1. The molecule has 1 aromatic carbocycles. The Morgan fingerprint density at radius 3 is 2.69 bits per heavy atom. The minimum absolute atomic E-state index is 0.175.